The summed E-state index contributed by atoms with van der Waals surface area (Å²) in [6.07, 6.45) is 8.78. The van der Waals surface area contributed by atoms with E-state index in [4.69, 9.17) is 0 Å². The molecule has 3 heterocycles. The zero-order valence-electron chi connectivity index (χ0n) is 12.3. The van der Waals surface area contributed by atoms with Crippen LogP contribution in [0.5, 0.6) is 0 Å². The lowest BCUT2D eigenvalue weighted by molar-refractivity contribution is 0.421. The van der Waals surface area contributed by atoms with E-state index >= 15 is 0 Å². The molecule has 0 amide bonds. The second kappa shape index (κ2) is 7.04. The molecular formula is C16H15F2N5. The summed E-state index contributed by atoms with van der Waals surface area (Å²) in [5.74, 6) is -0.0579. The van der Waals surface area contributed by atoms with Gasteiger partial charge in [0.1, 0.15) is 12.0 Å². The van der Waals surface area contributed by atoms with E-state index in [9.17, 15) is 8.78 Å². The van der Waals surface area contributed by atoms with Gasteiger partial charge in [-0.25, -0.2) is 24.3 Å². The smallest absolute Gasteiger partial charge is 0.162 e. The highest BCUT2D eigenvalue weighted by Gasteiger charge is 2.21. The van der Waals surface area contributed by atoms with Gasteiger partial charge < -0.3 is 4.57 Å². The van der Waals surface area contributed by atoms with Crippen LogP contribution in [0.4, 0.5) is 8.78 Å². The van der Waals surface area contributed by atoms with Crippen molar-refractivity contribution in [2.45, 2.75) is 18.9 Å². The molecule has 23 heavy (non-hydrogen) atoms. The first-order chi connectivity index (χ1) is 11.3. The minimum Gasteiger partial charge on any atom is -0.321 e. The number of pyridine rings is 1. The summed E-state index contributed by atoms with van der Waals surface area (Å²) in [6, 6.07) is 4.37. The minimum atomic E-state index is -0.452. The fourth-order valence-corrected chi connectivity index (χ4v) is 2.50. The van der Waals surface area contributed by atoms with E-state index in [-0.39, 0.29) is 11.7 Å². The van der Waals surface area contributed by atoms with Crippen molar-refractivity contribution in [3.05, 3.63) is 60.8 Å². The van der Waals surface area contributed by atoms with Gasteiger partial charge in [0.25, 0.3) is 0 Å². The molecule has 0 spiro atoms. The molecule has 0 saturated heterocycles. The molecule has 0 fully saturated rings. The average Bonchev–Trinajstić information content (AvgIpc) is 3.06. The van der Waals surface area contributed by atoms with Crippen molar-refractivity contribution in [1.29, 1.82) is 0 Å². The summed E-state index contributed by atoms with van der Waals surface area (Å²) < 4.78 is 28.5. The number of aromatic nitrogens is 5. The van der Waals surface area contributed by atoms with E-state index in [0.717, 1.165) is 5.69 Å². The lowest BCUT2D eigenvalue weighted by Crippen LogP contribution is -2.14. The van der Waals surface area contributed by atoms with Crippen LogP contribution in [0.1, 0.15) is 24.6 Å². The molecule has 3 aromatic heterocycles. The molecule has 1 atom stereocenters. The molecule has 3 rings (SSSR count). The van der Waals surface area contributed by atoms with Gasteiger partial charge in [-0.3, -0.25) is 4.39 Å². The van der Waals surface area contributed by atoms with Crippen molar-refractivity contribution in [3.63, 3.8) is 0 Å². The van der Waals surface area contributed by atoms with Crippen LogP contribution in [0.25, 0.3) is 11.5 Å². The molecule has 3 aromatic rings. The first-order valence-electron chi connectivity index (χ1n) is 7.27. The van der Waals surface area contributed by atoms with Gasteiger partial charge in [-0.1, -0.05) is 0 Å². The Labute approximate surface area is 132 Å². The predicted octanol–water partition coefficient (Wildman–Crippen LogP) is 3.21. The molecule has 0 bridgehead atoms. The summed E-state index contributed by atoms with van der Waals surface area (Å²) in [4.78, 5) is 16.4. The van der Waals surface area contributed by atoms with Gasteiger partial charge in [-0.15, -0.1) is 0 Å². The van der Waals surface area contributed by atoms with Crippen LogP contribution in [0.3, 0.4) is 0 Å². The largest absolute Gasteiger partial charge is 0.321 e. The standard InChI is InChI=1S/C16H15F2N5/c17-6-1-4-14(13-5-8-19-11-22-13)23-10-9-21-16(23)15-12(18)3-2-7-20-15/h2-3,5,7-11,14H,1,4,6H2. The SMILES string of the molecule is FCCCC(c1ccncn1)n1ccnc1-c1ncccc1F. The molecule has 0 aromatic carbocycles. The number of imidazole rings is 1. The van der Waals surface area contributed by atoms with Gasteiger partial charge in [0.2, 0.25) is 0 Å². The molecule has 0 aliphatic carbocycles. The van der Waals surface area contributed by atoms with Crippen molar-refractivity contribution in [2.24, 2.45) is 0 Å². The maximum Gasteiger partial charge on any atom is 0.162 e. The zero-order valence-corrected chi connectivity index (χ0v) is 12.3. The Morgan fingerprint density at radius 1 is 1.09 bits per heavy atom. The van der Waals surface area contributed by atoms with Crippen LogP contribution >= 0.6 is 0 Å². The van der Waals surface area contributed by atoms with E-state index in [0.29, 0.717) is 18.7 Å². The quantitative estimate of drug-likeness (QED) is 0.701. The fraction of sp³-hybridized carbons (Fsp3) is 0.250. The first-order valence-corrected chi connectivity index (χ1v) is 7.27. The minimum absolute atomic E-state index is 0.164. The van der Waals surface area contributed by atoms with Gasteiger partial charge >= 0.3 is 0 Å². The van der Waals surface area contributed by atoms with Gasteiger partial charge in [-0.2, -0.15) is 0 Å². The number of halogens is 2. The monoisotopic (exact) mass is 315 g/mol. The molecule has 0 aliphatic rings. The van der Waals surface area contributed by atoms with Gasteiger partial charge in [0.15, 0.2) is 11.6 Å². The van der Waals surface area contributed by atoms with Crippen LogP contribution < -0.4 is 0 Å². The van der Waals surface area contributed by atoms with E-state index in [2.05, 4.69) is 19.9 Å². The topological polar surface area (TPSA) is 56.5 Å². The molecule has 0 N–H and O–H groups in total. The fourth-order valence-electron chi connectivity index (χ4n) is 2.50. The molecule has 5 nitrogen and oxygen atoms in total. The lowest BCUT2D eigenvalue weighted by atomic mass is 10.1. The van der Waals surface area contributed by atoms with Gasteiger partial charge in [0, 0.05) is 24.8 Å². The van der Waals surface area contributed by atoms with E-state index < -0.39 is 12.5 Å². The summed E-state index contributed by atoms with van der Waals surface area (Å²) in [7, 11) is 0. The number of alkyl halides is 1. The van der Waals surface area contributed by atoms with Crippen molar-refractivity contribution in [1.82, 2.24) is 24.5 Å². The summed E-state index contributed by atoms with van der Waals surface area (Å²) in [5, 5.41) is 0. The maximum atomic E-state index is 14.0. The second-order valence-electron chi connectivity index (χ2n) is 4.97. The van der Waals surface area contributed by atoms with Gasteiger partial charge in [0.05, 0.1) is 18.4 Å². The van der Waals surface area contributed by atoms with Crippen LogP contribution in [0.2, 0.25) is 0 Å². The van der Waals surface area contributed by atoms with Crippen molar-refractivity contribution < 1.29 is 8.78 Å². The third-order valence-electron chi connectivity index (χ3n) is 3.53. The normalized spacial score (nSPS) is 12.3. The molecular weight excluding hydrogens is 300 g/mol. The van der Waals surface area contributed by atoms with Gasteiger partial charge in [-0.05, 0) is 31.0 Å². The highest BCUT2D eigenvalue weighted by molar-refractivity contribution is 5.51. The Morgan fingerprint density at radius 2 is 2.00 bits per heavy atom. The predicted molar refractivity (Wildman–Crippen MR) is 80.8 cm³/mol. The van der Waals surface area contributed by atoms with E-state index in [1.54, 1.807) is 29.2 Å². The number of nitrogens with zero attached hydrogens (tertiary/aromatic N) is 5. The van der Waals surface area contributed by atoms with Crippen molar-refractivity contribution in [3.8, 4) is 11.5 Å². The van der Waals surface area contributed by atoms with Crippen LogP contribution in [0.15, 0.2) is 49.3 Å². The highest BCUT2D eigenvalue weighted by atomic mass is 19.1. The summed E-state index contributed by atoms with van der Waals surface area (Å²) >= 11 is 0. The third-order valence-corrected chi connectivity index (χ3v) is 3.53. The van der Waals surface area contributed by atoms with E-state index in [1.165, 1.54) is 24.7 Å². The summed E-state index contributed by atoms with van der Waals surface area (Å²) in [5.41, 5.74) is 0.890. The molecule has 0 aliphatic heterocycles. The van der Waals surface area contributed by atoms with E-state index in [1.807, 2.05) is 0 Å². The van der Waals surface area contributed by atoms with Crippen molar-refractivity contribution in [2.75, 3.05) is 6.67 Å². The number of hydrogen-bond acceptors (Lipinski definition) is 4. The lowest BCUT2D eigenvalue weighted by Gasteiger charge is -2.19. The number of hydrogen-bond donors (Lipinski definition) is 0. The highest BCUT2D eigenvalue weighted by Crippen LogP contribution is 2.28. The Hall–Kier alpha value is -2.70. The molecule has 7 heteroatoms. The Kier molecular flexibility index (Phi) is 4.65. The van der Waals surface area contributed by atoms with Crippen LogP contribution in [-0.4, -0.2) is 31.2 Å². The zero-order chi connectivity index (χ0) is 16.1. The summed E-state index contributed by atoms with van der Waals surface area (Å²) in [6.45, 7) is -0.427. The Morgan fingerprint density at radius 3 is 2.74 bits per heavy atom. The Bertz CT molecular complexity index is 760. The Balaban J connectivity index is 2.05. The first kappa shape index (κ1) is 15.2. The number of rotatable bonds is 6. The van der Waals surface area contributed by atoms with Crippen molar-refractivity contribution >= 4 is 0 Å². The molecule has 0 radical (unpaired) electrons. The van der Waals surface area contributed by atoms with Crippen LogP contribution in [0, 0.1) is 5.82 Å². The second-order valence-corrected chi connectivity index (χ2v) is 4.97. The average molecular weight is 315 g/mol. The molecule has 118 valence electrons. The third kappa shape index (κ3) is 3.23. The molecule has 0 saturated carbocycles. The maximum absolute atomic E-state index is 14.0. The van der Waals surface area contributed by atoms with Crippen LogP contribution in [-0.2, 0) is 0 Å². The molecule has 1 unspecified atom stereocenters.